The lowest BCUT2D eigenvalue weighted by Crippen LogP contribution is -2.41. The molecule has 1 saturated heterocycles. The summed E-state index contributed by atoms with van der Waals surface area (Å²) in [5.74, 6) is -1.74. The number of carbonyl (C=O) groups excluding carboxylic acids is 3. The van der Waals surface area contributed by atoms with Crippen molar-refractivity contribution in [3.63, 3.8) is 0 Å². The number of benzene rings is 1. The molecule has 3 heterocycles. The number of amides is 4. The van der Waals surface area contributed by atoms with Crippen molar-refractivity contribution in [1.82, 2.24) is 20.3 Å². The average molecular weight is 472 g/mol. The number of aryl methyl sites for hydroxylation is 1. The molecule has 0 spiro atoms. The maximum Gasteiger partial charge on any atom is 0.330 e. The lowest BCUT2D eigenvalue weighted by atomic mass is 9.94. The molecule has 12 heteroatoms. The van der Waals surface area contributed by atoms with Gasteiger partial charge in [-0.15, -0.1) is 0 Å². The molecule has 0 aliphatic carbocycles. The van der Waals surface area contributed by atoms with Crippen LogP contribution in [0, 0.1) is 12.8 Å². The zero-order valence-electron chi connectivity index (χ0n) is 18.1. The number of primary amides is 1. The molecule has 33 heavy (non-hydrogen) atoms. The minimum absolute atomic E-state index is 0.0000219. The Morgan fingerprint density at radius 2 is 1.97 bits per heavy atom. The Bertz CT molecular complexity index is 1110. The second kappa shape index (κ2) is 9.55. The highest BCUT2D eigenvalue weighted by Crippen LogP contribution is 2.31. The van der Waals surface area contributed by atoms with E-state index in [1.807, 2.05) is 0 Å². The molecule has 2 aromatic rings. The van der Waals surface area contributed by atoms with Gasteiger partial charge in [0.15, 0.2) is 0 Å². The Labute approximate surface area is 194 Å². The molecule has 11 nitrogen and oxygen atoms in total. The number of aromatic hydroxyl groups is 1. The third-order valence-electron chi connectivity index (χ3n) is 5.59. The van der Waals surface area contributed by atoms with Crippen LogP contribution in [0.1, 0.15) is 40.2 Å². The highest BCUT2D eigenvalue weighted by Gasteiger charge is 2.42. The molecule has 2 aliphatic rings. The van der Waals surface area contributed by atoms with Gasteiger partial charge in [-0.1, -0.05) is 29.9 Å². The summed E-state index contributed by atoms with van der Waals surface area (Å²) in [7, 11) is 0. The summed E-state index contributed by atoms with van der Waals surface area (Å²) < 4.78 is 0. The minimum Gasteiger partial charge on any atom is -0.507 e. The molecule has 2 aliphatic heterocycles. The van der Waals surface area contributed by atoms with E-state index >= 15 is 0 Å². The SMILES string of the molecule is Cc1nc(NNC(N)=O)sc1C(=O)N1N=C(c2ccccc2O)C(CN2CCCCC2)C1=O. The van der Waals surface area contributed by atoms with Gasteiger partial charge in [-0.05, 0) is 45.0 Å². The zero-order chi connectivity index (χ0) is 23.5. The molecule has 0 bridgehead atoms. The van der Waals surface area contributed by atoms with Gasteiger partial charge in [0.05, 0.1) is 17.3 Å². The van der Waals surface area contributed by atoms with Gasteiger partial charge >= 0.3 is 6.03 Å². The van der Waals surface area contributed by atoms with Crippen molar-refractivity contribution < 1.29 is 19.5 Å². The number of rotatable bonds is 6. The molecule has 4 rings (SSSR count). The van der Waals surface area contributed by atoms with Crippen molar-refractivity contribution in [2.75, 3.05) is 25.1 Å². The van der Waals surface area contributed by atoms with Crippen molar-refractivity contribution >= 4 is 40.0 Å². The number of piperidine rings is 1. The fourth-order valence-electron chi connectivity index (χ4n) is 3.99. The van der Waals surface area contributed by atoms with E-state index in [0.717, 1.165) is 48.7 Å². The number of hydrazone groups is 1. The third-order valence-corrected chi connectivity index (χ3v) is 6.65. The number of hydrazine groups is 1. The number of carbonyl (C=O) groups is 3. The molecular formula is C21H25N7O4S. The summed E-state index contributed by atoms with van der Waals surface area (Å²) in [5.41, 5.74) is 10.9. The summed E-state index contributed by atoms with van der Waals surface area (Å²) in [5, 5.41) is 15.9. The number of phenolic OH excluding ortho intramolecular Hbond substituents is 1. The number of phenols is 1. The maximum absolute atomic E-state index is 13.4. The monoisotopic (exact) mass is 471 g/mol. The summed E-state index contributed by atoms with van der Waals surface area (Å²) in [6.07, 6.45) is 3.27. The Hall–Kier alpha value is -3.51. The molecule has 1 aromatic heterocycles. The van der Waals surface area contributed by atoms with Crippen molar-refractivity contribution in [2.45, 2.75) is 26.2 Å². The molecule has 1 fully saturated rings. The fourth-order valence-corrected chi connectivity index (χ4v) is 4.84. The van der Waals surface area contributed by atoms with Crippen molar-refractivity contribution in [3.8, 4) is 5.75 Å². The van der Waals surface area contributed by atoms with Crippen LogP contribution in [0.2, 0.25) is 0 Å². The number of likely N-dealkylation sites (tertiary alicyclic amines) is 1. The van der Waals surface area contributed by atoms with Gasteiger partial charge < -0.3 is 15.7 Å². The number of anilines is 1. The van der Waals surface area contributed by atoms with E-state index in [4.69, 9.17) is 5.73 Å². The third kappa shape index (κ3) is 4.81. The minimum atomic E-state index is -0.803. The first-order valence-electron chi connectivity index (χ1n) is 10.6. The van der Waals surface area contributed by atoms with Crippen molar-refractivity contribution in [1.29, 1.82) is 0 Å². The number of hydrogen-bond acceptors (Lipinski definition) is 9. The van der Waals surface area contributed by atoms with Gasteiger partial charge in [-0.2, -0.15) is 10.1 Å². The van der Waals surface area contributed by atoms with Crippen LogP contribution in [0.15, 0.2) is 29.4 Å². The predicted molar refractivity (Wildman–Crippen MR) is 123 cm³/mol. The summed E-state index contributed by atoms with van der Waals surface area (Å²) in [6, 6.07) is 5.86. The smallest absolute Gasteiger partial charge is 0.330 e. The Kier molecular flexibility index (Phi) is 6.56. The lowest BCUT2D eigenvalue weighted by molar-refractivity contribution is -0.129. The van der Waals surface area contributed by atoms with Crippen molar-refractivity contribution in [3.05, 3.63) is 40.4 Å². The molecule has 1 aromatic carbocycles. The van der Waals surface area contributed by atoms with Crippen molar-refractivity contribution in [2.24, 2.45) is 16.8 Å². The van der Waals surface area contributed by atoms with Crippen LogP contribution in [-0.2, 0) is 4.79 Å². The fraction of sp³-hybridized carbons (Fsp3) is 0.381. The number of imide groups is 1. The molecule has 5 N–H and O–H groups in total. The second-order valence-corrected chi connectivity index (χ2v) is 8.92. The number of aromatic nitrogens is 1. The number of nitrogens with two attached hydrogens (primary N) is 1. The number of nitrogens with zero attached hydrogens (tertiary/aromatic N) is 4. The first kappa shape index (κ1) is 22.7. The highest BCUT2D eigenvalue weighted by molar-refractivity contribution is 7.17. The van der Waals surface area contributed by atoms with E-state index in [2.05, 4.69) is 25.8 Å². The van der Waals surface area contributed by atoms with Gasteiger partial charge in [0.25, 0.3) is 11.8 Å². The molecular weight excluding hydrogens is 446 g/mol. The van der Waals surface area contributed by atoms with Gasteiger partial charge in [0.2, 0.25) is 5.13 Å². The molecule has 1 unspecified atom stereocenters. The summed E-state index contributed by atoms with van der Waals surface area (Å²) >= 11 is 0.971. The first-order chi connectivity index (χ1) is 15.8. The van der Waals surface area contributed by atoms with Gasteiger partial charge in [-0.3, -0.25) is 15.0 Å². The van der Waals surface area contributed by atoms with E-state index in [0.29, 0.717) is 23.5 Å². The number of para-hydroxylation sites is 1. The van der Waals surface area contributed by atoms with Crippen LogP contribution in [0.4, 0.5) is 9.93 Å². The van der Waals surface area contributed by atoms with E-state index in [1.54, 1.807) is 25.1 Å². The predicted octanol–water partition coefficient (Wildman–Crippen LogP) is 1.64. The van der Waals surface area contributed by atoms with E-state index in [-0.39, 0.29) is 15.8 Å². The van der Waals surface area contributed by atoms with Gasteiger partial charge in [-0.25, -0.2) is 15.2 Å². The summed E-state index contributed by atoms with van der Waals surface area (Å²) in [6.45, 7) is 3.80. The number of nitrogens with one attached hydrogen (secondary N) is 2. The second-order valence-electron chi connectivity index (χ2n) is 7.92. The van der Waals surface area contributed by atoms with Gasteiger partial charge in [0, 0.05) is 12.1 Å². The zero-order valence-corrected chi connectivity index (χ0v) is 18.9. The average Bonchev–Trinajstić information content (AvgIpc) is 3.33. The van der Waals surface area contributed by atoms with E-state index < -0.39 is 23.8 Å². The van der Waals surface area contributed by atoms with E-state index in [1.165, 1.54) is 6.07 Å². The number of thiazole rings is 1. The number of urea groups is 1. The Morgan fingerprint density at radius 1 is 1.24 bits per heavy atom. The van der Waals surface area contributed by atoms with Crippen LogP contribution in [0.5, 0.6) is 5.75 Å². The summed E-state index contributed by atoms with van der Waals surface area (Å²) in [4.78, 5) is 44.2. The highest BCUT2D eigenvalue weighted by atomic mass is 32.1. The maximum atomic E-state index is 13.4. The molecule has 0 radical (unpaired) electrons. The van der Waals surface area contributed by atoms with Crippen LogP contribution < -0.4 is 16.6 Å². The largest absolute Gasteiger partial charge is 0.507 e. The van der Waals surface area contributed by atoms with Gasteiger partial charge in [0.1, 0.15) is 10.6 Å². The quantitative estimate of drug-likeness (QED) is 0.369. The van der Waals surface area contributed by atoms with Crippen LogP contribution in [0.25, 0.3) is 0 Å². The molecule has 0 saturated carbocycles. The standard InChI is InChI=1S/C21H25N7O4S/c1-12-17(33-21(23-12)25-24-20(22)32)19(31)28-18(30)14(11-27-9-5-2-6-10-27)16(26-28)13-7-3-4-8-15(13)29/h3-4,7-8,14,29H,2,5-6,9-11H2,1H3,(H,23,25)(H3,22,24,32). The lowest BCUT2D eigenvalue weighted by Gasteiger charge is -2.28. The Morgan fingerprint density at radius 3 is 2.67 bits per heavy atom. The molecule has 1 atom stereocenters. The Balaban J connectivity index is 1.64. The van der Waals surface area contributed by atoms with Crippen LogP contribution in [0.3, 0.4) is 0 Å². The van der Waals surface area contributed by atoms with E-state index in [9.17, 15) is 19.5 Å². The van der Waals surface area contributed by atoms with Crippen LogP contribution >= 0.6 is 11.3 Å². The van der Waals surface area contributed by atoms with Crippen LogP contribution in [-0.4, -0.2) is 63.2 Å². The molecule has 174 valence electrons. The topological polar surface area (TPSA) is 153 Å². The normalized spacial score (nSPS) is 18.8. The number of hydrogen-bond donors (Lipinski definition) is 4. The molecule has 4 amide bonds. The first-order valence-corrected chi connectivity index (χ1v) is 11.4.